The van der Waals surface area contributed by atoms with Gasteiger partial charge in [0.2, 0.25) is 5.95 Å². The second-order valence-electron chi connectivity index (χ2n) is 1.51. The van der Waals surface area contributed by atoms with Gasteiger partial charge < -0.3 is 10.3 Å². The minimum absolute atomic E-state index is 0. The van der Waals surface area contributed by atoms with Crippen molar-refractivity contribution in [2.45, 2.75) is 4.90 Å². The molecule has 0 amide bonds. The van der Waals surface area contributed by atoms with E-state index in [9.17, 15) is 8.76 Å². The molecule has 54 valence electrons. The summed E-state index contributed by atoms with van der Waals surface area (Å²) in [7, 11) is 0. The Morgan fingerprint density at radius 3 is 2.27 bits per heavy atom. The number of aromatic nitrogens is 2. The van der Waals surface area contributed by atoms with Crippen LogP contribution in [0.1, 0.15) is 0 Å². The summed E-state index contributed by atoms with van der Waals surface area (Å²) in [6.07, 6.45) is 2.29. The van der Waals surface area contributed by atoms with Crippen molar-refractivity contribution in [3.05, 3.63) is 12.4 Å². The van der Waals surface area contributed by atoms with Crippen LogP contribution in [0, 0.1) is 0 Å². The molecule has 0 radical (unpaired) electrons. The van der Waals surface area contributed by atoms with Crippen LogP contribution in [0.4, 0.5) is 5.95 Å². The Morgan fingerprint density at radius 1 is 1.45 bits per heavy atom. The van der Waals surface area contributed by atoms with E-state index in [1.165, 1.54) is 0 Å². The molecular weight excluding hydrogens is 177 g/mol. The fourth-order valence-corrected chi connectivity index (χ4v) is 0.690. The molecule has 1 heterocycles. The van der Waals surface area contributed by atoms with Crippen molar-refractivity contribution in [3.8, 4) is 0 Å². The van der Waals surface area contributed by atoms with Crippen LogP contribution in [-0.4, -0.2) is 18.7 Å². The van der Waals surface area contributed by atoms with E-state index in [1.54, 1.807) is 0 Å². The van der Waals surface area contributed by atoms with Gasteiger partial charge in [0.25, 0.3) is 0 Å². The maximum Gasteiger partial charge on any atom is 1.00 e. The van der Waals surface area contributed by atoms with E-state index in [1.807, 2.05) is 0 Å². The van der Waals surface area contributed by atoms with Gasteiger partial charge >= 0.3 is 29.6 Å². The molecule has 1 aromatic rings. The van der Waals surface area contributed by atoms with Gasteiger partial charge in [-0.15, -0.1) is 0 Å². The van der Waals surface area contributed by atoms with Gasteiger partial charge in [-0.25, -0.2) is 9.97 Å². The van der Waals surface area contributed by atoms with Gasteiger partial charge in [0.1, 0.15) is 0 Å². The summed E-state index contributed by atoms with van der Waals surface area (Å²) in [4.78, 5) is 6.98. The Bertz CT molecular complexity index is 252. The third-order valence-electron chi connectivity index (χ3n) is 0.841. The van der Waals surface area contributed by atoms with Gasteiger partial charge in [0.05, 0.1) is 4.90 Å². The first kappa shape index (κ1) is 11.0. The summed E-state index contributed by atoms with van der Waals surface area (Å²) < 4.78 is 20.4. The van der Waals surface area contributed by atoms with E-state index in [0.717, 1.165) is 12.4 Å². The SMILES string of the molecule is Nc1ncc(S(=O)[O-])cn1.[Na+]. The smallest absolute Gasteiger partial charge is 0.768 e. The van der Waals surface area contributed by atoms with Crippen molar-refractivity contribution >= 4 is 17.0 Å². The Morgan fingerprint density at radius 2 is 1.91 bits per heavy atom. The normalized spacial score (nSPS) is 11.7. The van der Waals surface area contributed by atoms with Crippen molar-refractivity contribution in [3.63, 3.8) is 0 Å². The molecule has 0 spiro atoms. The number of nitrogen functional groups attached to an aromatic ring is 1. The average molecular weight is 181 g/mol. The number of rotatable bonds is 1. The second kappa shape index (κ2) is 4.78. The number of hydrogen-bond acceptors (Lipinski definition) is 5. The van der Waals surface area contributed by atoms with Gasteiger partial charge in [0, 0.05) is 12.4 Å². The maximum atomic E-state index is 10.2. The van der Waals surface area contributed by atoms with E-state index >= 15 is 0 Å². The summed E-state index contributed by atoms with van der Waals surface area (Å²) in [6, 6.07) is 0. The predicted octanol–water partition coefficient (Wildman–Crippen LogP) is -3.70. The van der Waals surface area contributed by atoms with E-state index in [2.05, 4.69) is 9.97 Å². The van der Waals surface area contributed by atoms with E-state index in [4.69, 9.17) is 5.73 Å². The topological polar surface area (TPSA) is 91.9 Å². The number of anilines is 1. The summed E-state index contributed by atoms with van der Waals surface area (Å²) >= 11 is -2.27. The first-order valence-corrected chi connectivity index (χ1v) is 3.44. The zero-order valence-corrected chi connectivity index (χ0v) is 8.67. The Balaban J connectivity index is 0.000001000. The van der Waals surface area contributed by atoms with Crippen LogP contribution in [0.2, 0.25) is 0 Å². The quantitative estimate of drug-likeness (QED) is 0.355. The Labute approximate surface area is 88.0 Å². The van der Waals surface area contributed by atoms with Gasteiger partial charge in [-0.2, -0.15) is 0 Å². The summed E-state index contributed by atoms with van der Waals surface area (Å²) in [5.41, 5.74) is 5.10. The fourth-order valence-electron chi connectivity index (χ4n) is 0.412. The van der Waals surface area contributed by atoms with Gasteiger partial charge in [-0.05, 0) is 11.1 Å². The summed E-state index contributed by atoms with van der Waals surface area (Å²) in [6.45, 7) is 0. The molecule has 11 heavy (non-hydrogen) atoms. The largest absolute Gasteiger partial charge is 1.00 e. The molecule has 0 saturated heterocycles. The van der Waals surface area contributed by atoms with E-state index in [-0.39, 0.29) is 40.4 Å². The van der Waals surface area contributed by atoms with Crippen LogP contribution < -0.4 is 35.3 Å². The van der Waals surface area contributed by atoms with Crippen LogP contribution in [-0.2, 0) is 11.1 Å². The molecule has 0 aliphatic rings. The minimum atomic E-state index is -2.27. The van der Waals surface area contributed by atoms with Crippen LogP contribution in [0.25, 0.3) is 0 Å². The number of nitrogens with zero attached hydrogens (tertiary/aromatic N) is 2. The van der Waals surface area contributed by atoms with Crippen LogP contribution in [0.15, 0.2) is 17.3 Å². The Kier molecular flexibility index (Phi) is 4.78. The van der Waals surface area contributed by atoms with E-state index in [0.29, 0.717) is 0 Å². The predicted molar refractivity (Wildman–Crippen MR) is 33.6 cm³/mol. The molecule has 0 aromatic carbocycles. The summed E-state index contributed by atoms with van der Waals surface area (Å²) in [5.74, 6) is 0.0641. The molecule has 1 unspecified atom stereocenters. The molecule has 0 aliphatic heterocycles. The molecule has 1 atom stereocenters. The molecule has 7 heteroatoms. The molecular formula is C4H4N3NaO2S. The summed E-state index contributed by atoms with van der Waals surface area (Å²) in [5, 5.41) is 0. The van der Waals surface area contributed by atoms with Crippen molar-refractivity contribution in [2.75, 3.05) is 5.73 Å². The van der Waals surface area contributed by atoms with Gasteiger partial charge in [-0.3, -0.25) is 4.21 Å². The van der Waals surface area contributed by atoms with Crippen LogP contribution >= 0.6 is 0 Å². The third kappa shape index (κ3) is 3.26. The number of hydrogen-bond donors (Lipinski definition) is 1. The molecule has 1 rings (SSSR count). The van der Waals surface area contributed by atoms with Gasteiger partial charge in [-0.1, -0.05) is 0 Å². The van der Waals surface area contributed by atoms with Crippen molar-refractivity contribution in [1.29, 1.82) is 0 Å². The molecule has 0 bridgehead atoms. The molecule has 0 aliphatic carbocycles. The molecule has 5 nitrogen and oxygen atoms in total. The molecule has 0 fully saturated rings. The zero-order valence-electron chi connectivity index (χ0n) is 5.85. The maximum absolute atomic E-state index is 10.2. The third-order valence-corrected chi connectivity index (χ3v) is 1.44. The van der Waals surface area contributed by atoms with E-state index < -0.39 is 11.1 Å². The second-order valence-corrected chi connectivity index (χ2v) is 2.45. The standard InChI is InChI=1S/C4H5N3O2S.Na/c5-4-6-1-3(2-7-4)10(8)9;/h1-2H,(H,8,9)(H2,5,6,7);/q;+1/p-1. The van der Waals surface area contributed by atoms with Crippen molar-refractivity contribution in [1.82, 2.24) is 9.97 Å². The van der Waals surface area contributed by atoms with Gasteiger partial charge in [0.15, 0.2) is 0 Å². The minimum Gasteiger partial charge on any atom is -0.768 e. The molecule has 1 aromatic heterocycles. The molecule has 0 saturated carbocycles. The fraction of sp³-hybridized carbons (Fsp3) is 0. The molecule has 2 N–H and O–H groups in total. The van der Waals surface area contributed by atoms with Crippen molar-refractivity contribution in [2.24, 2.45) is 0 Å². The van der Waals surface area contributed by atoms with Crippen LogP contribution in [0.5, 0.6) is 0 Å². The zero-order chi connectivity index (χ0) is 7.56. The monoisotopic (exact) mass is 181 g/mol. The van der Waals surface area contributed by atoms with Crippen LogP contribution in [0.3, 0.4) is 0 Å². The first-order valence-electron chi connectivity index (χ1n) is 2.37. The first-order chi connectivity index (χ1) is 4.70. The average Bonchev–Trinajstić information content (AvgIpc) is 1.88. The Hall–Kier alpha value is -0.0100. The van der Waals surface area contributed by atoms with Crippen molar-refractivity contribution < 1.29 is 38.3 Å². The number of nitrogens with two attached hydrogens (primary N) is 1.